The molecule has 33 heavy (non-hydrogen) atoms. The molecule has 164 valence electrons. The molecule has 0 fully saturated rings. The van der Waals surface area contributed by atoms with Gasteiger partial charge in [0.15, 0.2) is 11.6 Å². The Morgan fingerprint density at radius 3 is 3.03 bits per heavy atom. The molecular formula is C21H18N10O2. The molecule has 1 atom stereocenters. The Kier molecular flexibility index (Phi) is 5.19. The van der Waals surface area contributed by atoms with Crippen molar-refractivity contribution in [2.75, 3.05) is 12.4 Å². The summed E-state index contributed by atoms with van der Waals surface area (Å²) in [5.74, 6) is 1.89. The molecule has 1 aliphatic heterocycles. The third-order valence-electron chi connectivity index (χ3n) is 5.28. The number of aromatic nitrogens is 8. The fraction of sp³-hybridized carbons (Fsp3) is 0.238. The van der Waals surface area contributed by atoms with Crippen LogP contribution in [0.15, 0.2) is 43.0 Å². The molecule has 0 aromatic carbocycles. The van der Waals surface area contributed by atoms with Gasteiger partial charge in [0.2, 0.25) is 5.88 Å². The van der Waals surface area contributed by atoms with Crippen molar-refractivity contribution in [3.63, 3.8) is 0 Å². The van der Waals surface area contributed by atoms with Crippen LogP contribution in [0.25, 0.3) is 17.3 Å². The second-order valence-electron chi connectivity index (χ2n) is 7.29. The van der Waals surface area contributed by atoms with E-state index in [-0.39, 0.29) is 17.5 Å². The quantitative estimate of drug-likeness (QED) is 0.473. The Bertz CT molecular complexity index is 1360. The Morgan fingerprint density at radius 1 is 1.33 bits per heavy atom. The lowest BCUT2D eigenvalue weighted by Crippen LogP contribution is -2.14. The molecule has 5 heterocycles. The molecule has 1 aliphatic rings. The van der Waals surface area contributed by atoms with Crippen molar-refractivity contribution >= 4 is 11.7 Å². The molecule has 4 aromatic rings. The first kappa shape index (κ1) is 20.3. The highest BCUT2D eigenvalue weighted by Gasteiger charge is 2.28. The number of amides is 1. The van der Waals surface area contributed by atoms with E-state index in [2.05, 4.69) is 41.6 Å². The molecule has 0 aliphatic carbocycles. The number of fused-ring (bicyclic) bond motifs is 1. The Balaban J connectivity index is 1.41. The molecule has 0 spiro atoms. The maximum Gasteiger partial charge on any atom is 0.263 e. The van der Waals surface area contributed by atoms with Crippen LogP contribution in [0.2, 0.25) is 0 Å². The van der Waals surface area contributed by atoms with E-state index in [9.17, 15) is 4.79 Å². The van der Waals surface area contributed by atoms with Gasteiger partial charge in [0.1, 0.15) is 22.9 Å². The fourth-order valence-corrected chi connectivity index (χ4v) is 3.78. The molecular weight excluding hydrogens is 424 g/mol. The monoisotopic (exact) mass is 442 g/mol. The Morgan fingerprint density at radius 2 is 2.24 bits per heavy atom. The number of aryl methyl sites for hydroxylation is 1. The molecule has 4 aromatic heterocycles. The summed E-state index contributed by atoms with van der Waals surface area (Å²) in [5, 5.41) is 24.7. The van der Waals surface area contributed by atoms with Crippen molar-refractivity contribution in [3.8, 4) is 29.3 Å². The van der Waals surface area contributed by atoms with Gasteiger partial charge >= 0.3 is 0 Å². The van der Waals surface area contributed by atoms with Gasteiger partial charge in [-0.15, -0.1) is 15.3 Å². The van der Waals surface area contributed by atoms with Crippen LogP contribution in [-0.2, 0) is 6.42 Å². The van der Waals surface area contributed by atoms with Gasteiger partial charge in [-0.3, -0.25) is 9.78 Å². The van der Waals surface area contributed by atoms with Gasteiger partial charge < -0.3 is 14.6 Å². The maximum absolute atomic E-state index is 13.0. The van der Waals surface area contributed by atoms with Gasteiger partial charge in [-0.1, -0.05) is 6.07 Å². The number of ether oxygens (including phenoxy) is 1. The largest absolute Gasteiger partial charge is 0.479 e. The number of nitrogens with zero attached hydrogens (tertiary/aromatic N) is 9. The highest BCUT2D eigenvalue weighted by Crippen LogP contribution is 2.32. The van der Waals surface area contributed by atoms with E-state index < -0.39 is 5.91 Å². The van der Waals surface area contributed by atoms with E-state index in [1.165, 1.54) is 30.4 Å². The topological polar surface area (TPSA) is 149 Å². The minimum atomic E-state index is -0.444. The second-order valence-corrected chi connectivity index (χ2v) is 7.29. The number of carbonyl (C=O) groups is 1. The van der Waals surface area contributed by atoms with Gasteiger partial charge in [0.25, 0.3) is 5.91 Å². The van der Waals surface area contributed by atoms with E-state index in [1.807, 2.05) is 4.57 Å². The van der Waals surface area contributed by atoms with Crippen LogP contribution >= 0.6 is 0 Å². The molecule has 1 amide bonds. The van der Waals surface area contributed by atoms with Crippen LogP contribution < -0.4 is 10.1 Å². The molecule has 0 unspecified atom stereocenters. The molecule has 1 N–H and O–H groups in total. The van der Waals surface area contributed by atoms with Crippen LogP contribution in [-0.4, -0.2) is 52.5 Å². The Hall–Kier alpha value is -4.66. The number of hydrogen-bond donors (Lipinski definition) is 1. The van der Waals surface area contributed by atoms with Crippen LogP contribution in [0.1, 0.15) is 35.1 Å². The van der Waals surface area contributed by atoms with Crippen molar-refractivity contribution in [1.82, 2.24) is 39.5 Å². The van der Waals surface area contributed by atoms with Crippen LogP contribution in [0.5, 0.6) is 5.88 Å². The van der Waals surface area contributed by atoms with Gasteiger partial charge in [-0.25, -0.2) is 14.6 Å². The number of rotatable bonds is 6. The summed E-state index contributed by atoms with van der Waals surface area (Å²) in [4.78, 5) is 25.7. The Labute approximate surface area is 187 Å². The zero-order valence-electron chi connectivity index (χ0n) is 17.6. The van der Waals surface area contributed by atoms with Crippen LogP contribution in [0, 0.1) is 11.3 Å². The van der Waals surface area contributed by atoms with Crippen molar-refractivity contribution < 1.29 is 9.53 Å². The summed E-state index contributed by atoms with van der Waals surface area (Å²) in [6.45, 7) is 0. The number of anilines is 1. The molecule has 0 radical (unpaired) electrons. The van der Waals surface area contributed by atoms with Gasteiger partial charge in [-0.05, 0) is 18.6 Å². The summed E-state index contributed by atoms with van der Waals surface area (Å²) in [6, 6.07) is 7.48. The first-order valence-electron chi connectivity index (χ1n) is 10.2. The van der Waals surface area contributed by atoms with E-state index in [4.69, 9.17) is 10.00 Å². The maximum atomic E-state index is 13.0. The van der Waals surface area contributed by atoms with E-state index in [0.29, 0.717) is 29.6 Å². The van der Waals surface area contributed by atoms with Crippen molar-refractivity contribution in [2.45, 2.75) is 25.3 Å². The normalized spacial score (nSPS) is 14.5. The fourth-order valence-electron chi connectivity index (χ4n) is 3.78. The average molecular weight is 442 g/mol. The highest BCUT2D eigenvalue weighted by molar-refractivity contribution is 6.05. The number of nitriles is 1. The number of carbonyl (C=O) groups excluding carboxylic acids is 1. The summed E-state index contributed by atoms with van der Waals surface area (Å²) in [5.41, 5.74) is 0.770. The van der Waals surface area contributed by atoms with Crippen molar-refractivity contribution in [2.24, 2.45) is 0 Å². The molecule has 5 rings (SSSR count). The number of methoxy groups -OCH3 is 1. The zero-order chi connectivity index (χ0) is 22.8. The second kappa shape index (κ2) is 8.46. The highest BCUT2D eigenvalue weighted by atomic mass is 16.5. The van der Waals surface area contributed by atoms with Gasteiger partial charge in [0, 0.05) is 25.0 Å². The van der Waals surface area contributed by atoms with Crippen LogP contribution in [0.4, 0.5) is 5.82 Å². The molecule has 12 heteroatoms. The summed E-state index contributed by atoms with van der Waals surface area (Å²) < 4.78 is 8.64. The summed E-state index contributed by atoms with van der Waals surface area (Å²) >= 11 is 0. The SMILES string of the molecule is COc1nn(-c2cnccn2)cc1C(=O)Nc1cccc(-c2nnc3n2[C@H](CC#N)CC3)n1. The van der Waals surface area contributed by atoms with E-state index >= 15 is 0 Å². The predicted octanol–water partition coefficient (Wildman–Crippen LogP) is 1.98. The van der Waals surface area contributed by atoms with Gasteiger partial charge in [-0.2, -0.15) is 5.26 Å². The lowest BCUT2D eigenvalue weighted by molar-refractivity contribution is 0.102. The van der Waals surface area contributed by atoms with Crippen LogP contribution in [0.3, 0.4) is 0 Å². The summed E-state index contributed by atoms with van der Waals surface area (Å²) in [6.07, 6.45) is 8.10. The van der Waals surface area contributed by atoms with Gasteiger partial charge in [0.05, 0.1) is 31.8 Å². The zero-order valence-corrected chi connectivity index (χ0v) is 17.6. The summed E-state index contributed by atoms with van der Waals surface area (Å²) in [7, 11) is 1.43. The molecule has 0 saturated carbocycles. The van der Waals surface area contributed by atoms with E-state index in [1.54, 1.807) is 24.4 Å². The predicted molar refractivity (Wildman–Crippen MR) is 115 cm³/mol. The smallest absolute Gasteiger partial charge is 0.263 e. The third kappa shape index (κ3) is 3.76. The van der Waals surface area contributed by atoms with Crippen molar-refractivity contribution in [3.05, 3.63) is 54.4 Å². The average Bonchev–Trinajstić information content (AvgIpc) is 3.56. The van der Waals surface area contributed by atoms with Crippen molar-refractivity contribution in [1.29, 1.82) is 5.26 Å². The first-order valence-corrected chi connectivity index (χ1v) is 10.2. The van der Waals surface area contributed by atoms with E-state index in [0.717, 1.165) is 18.7 Å². The molecule has 0 bridgehead atoms. The number of pyridine rings is 1. The third-order valence-corrected chi connectivity index (χ3v) is 5.28. The lowest BCUT2D eigenvalue weighted by atomic mass is 10.1. The lowest BCUT2D eigenvalue weighted by Gasteiger charge is -2.12. The molecule has 0 saturated heterocycles. The number of nitrogens with one attached hydrogen (secondary N) is 1. The number of hydrogen-bond acceptors (Lipinski definition) is 9. The standard InChI is InChI=1S/C21H18N10O2/c1-33-21-14(12-30(29-21)18-11-23-9-10-24-18)20(32)26-16-4-2-3-15(25-16)19-28-27-17-6-5-13(7-8-22)31(17)19/h2-4,9-13H,5-7H2,1H3,(H,25,26,32)/t13-/m0/s1. The first-order chi connectivity index (χ1) is 16.2. The molecule has 12 nitrogen and oxygen atoms in total. The minimum Gasteiger partial charge on any atom is -0.479 e. The minimum absolute atomic E-state index is 0.0197.